The Kier molecular flexibility index (Phi) is 5.93. The lowest BCUT2D eigenvalue weighted by atomic mass is 10.1. The highest BCUT2D eigenvalue weighted by atomic mass is 16.5. The number of carbonyl (C=O) groups is 3. The zero-order valence-corrected chi connectivity index (χ0v) is 15.7. The van der Waals surface area contributed by atoms with Crippen LogP contribution in [0, 0.1) is 0 Å². The van der Waals surface area contributed by atoms with Crippen molar-refractivity contribution in [3.8, 4) is 11.5 Å². The highest BCUT2D eigenvalue weighted by Gasteiger charge is 2.22. The molecule has 7 heteroatoms. The van der Waals surface area contributed by atoms with Crippen molar-refractivity contribution in [1.29, 1.82) is 0 Å². The molecule has 0 aliphatic carbocycles. The van der Waals surface area contributed by atoms with E-state index in [4.69, 9.17) is 14.2 Å². The maximum atomic E-state index is 12.5. The SMILES string of the molecule is CC(=O)Nc1ccc(C(=O)[C@@H](C)OC(=O)c2ccc3c(c2)OCCCO3)cc1. The molecule has 1 aliphatic heterocycles. The van der Waals surface area contributed by atoms with E-state index in [0.717, 1.165) is 6.42 Å². The van der Waals surface area contributed by atoms with E-state index >= 15 is 0 Å². The summed E-state index contributed by atoms with van der Waals surface area (Å²) in [4.78, 5) is 36.0. The zero-order valence-electron chi connectivity index (χ0n) is 15.7. The monoisotopic (exact) mass is 383 g/mol. The molecule has 2 aromatic rings. The second-order valence-corrected chi connectivity index (χ2v) is 6.38. The molecule has 1 amide bonds. The first kappa shape index (κ1) is 19.4. The quantitative estimate of drug-likeness (QED) is 0.630. The number of amides is 1. The van der Waals surface area contributed by atoms with Gasteiger partial charge in [0.2, 0.25) is 11.7 Å². The highest BCUT2D eigenvalue weighted by Crippen LogP contribution is 2.30. The number of carbonyl (C=O) groups excluding carboxylic acids is 3. The predicted molar refractivity (Wildman–Crippen MR) is 102 cm³/mol. The number of hydrogen-bond acceptors (Lipinski definition) is 6. The normalized spacial score (nSPS) is 13.8. The van der Waals surface area contributed by atoms with Crippen LogP contribution < -0.4 is 14.8 Å². The van der Waals surface area contributed by atoms with Crippen molar-refractivity contribution >= 4 is 23.3 Å². The molecule has 0 aromatic heterocycles. The van der Waals surface area contributed by atoms with Crippen LogP contribution in [0.3, 0.4) is 0 Å². The number of Topliss-reactive ketones (excluding diaryl/α,β-unsaturated/α-hetero) is 1. The van der Waals surface area contributed by atoms with Crippen molar-refractivity contribution < 1.29 is 28.6 Å². The number of ketones is 1. The molecule has 0 saturated carbocycles. The average Bonchev–Trinajstić information content (AvgIpc) is 2.92. The molecule has 1 aliphatic rings. The average molecular weight is 383 g/mol. The van der Waals surface area contributed by atoms with Crippen LogP contribution in [0.4, 0.5) is 5.69 Å². The minimum absolute atomic E-state index is 0.198. The first-order valence-electron chi connectivity index (χ1n) is 8.96. The maximum absolute atomic E-state index is 12.5. The van der Waals surface area contributed by atoms with Gasteiger partial charge in [-0.05, 0) is 49.4 Å². The zero-order chi connectivity index (χ0) is 20.1. The summed E-state index contributed by atoms with van der Waals surface area (Å²) in [6.07, 6.45) is -0.198. The summed E-state index contributed by atoms with van der Waals surface area (Å²) in [5.74, 6) is -0.0862. The van der Waals surface area contributed by atoms with E-state index in [1.165, 1.54) is 13.8 Å². The molecule has 0 saturated heterocycles. The van der Waals surface area contributed by atoms with Crippen molar-refractivity contribution in [3.05, 3.63) is 53.6 Å². The van der Waals surface area contributed by atoms with Crippen LogP contribution in [-0.4, -0.2) is 37.0 Å². The smallest absolute Gasteiger partial charge is 0.338 e. The standard InChI is InChI=1S/C21H21NO6/c1-13(20(24)15-4-7-17(8-5-15)22-14(2)23)28-21(25)16-6-9-18-19(12-16)27-11-3-10-26-18/h4-9,12-13H,3,10-11H2,1-2H3,(H,22,23)/t13-/m1/s1. The van der Waals surface area contributed by atoms with Gasteiger partial charge in [0, 0.05) is 24.6 Å². The Morgan fingerprint density at radius 3 is 2.29 bits per heavy atom. The van der Waals surface area contributed by atoms with Gasteiger partial charge >= 0.3 is 5.97 Å². The van der Waals surface area contributed by atoms with Crippen LogP contribution in [0.1, 0.15) is 41.0 Å². The van der Waals surface area contributed by atoms with Gasteiger partial charge in [-0.2, -0.15) is 0 Å². The van der Waals surface area contributed by atoms with Crippen LogP contribution in [0.25, 0.3) is 0 Å². The van der Waals surface area contributed by atoms with E-state index in [1.807, 2.05) is 0 Å². The summed E-state index contributed by atoms with van der Waals surface area (Å²) in [7, 11) is 0. The Morgan fingerprint density at radius 2 is 1.61 bits per heavy atom. The second kappa shape index (κ2) is 8.56. The van der Waals surface area contributed by atoms with Crippen LogP contribution in [-0.2, 0) is 9.53 Å². The molecule has 0 unspecified atom stereocenters. The second-order valence-electron chi connectivity index (χ2n) is 6.38. The molecule has 146 valence electrons. The summed E-state index contributed by atoms with van der Waals surface area (Å²) in [5.41, 5.74) is 1.25. The largest absolute Gasteiger partial charge is 0.490 e. The van der Waals surface area contributed by atoms with Gasteiger partial charge in [0.05, 0.1) is 18.8 Å². The molecule has 1 heterocycles. The van der Waals surface area contributed by atoms with E-state index in [2.05, 4.69) is 5.32 Å². The molecule has 1 atom stereocenters. The Bertz CT molecular complexity index is 890. The van der Waals surface area contributed by atoms with Crippen molar-refractivity contribution in [2.45, 2.75) is 26.4 Å². The fourth-order valence-electron chi connectivity index (χ4n) is 2.73. The number of hydrogen-bond donors (Lipinski definition) is 1. The minimum atomic E-state index is -0.963. The van der Waals surface area contributed by atoms with E-state index < -0.39 is 12.1 Å². The van der Waals surface area contributed by atoms with Crippen molar-refractivity contribution in [1.82, 2.24) is 0 Å². The number of ether oxygens (including phenoxy) is 3. The molecule has 0 bridgehead atoms. The maximum Gasteiger partial charge on any atom is 0.338 e. The topological polar surface area (TPSA) is 90.9 Å². The fraction of sp³-hybridized carbons (Fsp3) is 0.286. The highest BCUT2D eigenvalue weighted by molar-refractivity contribution is 6.02. The third-order valence-corrected chi connectivity index (χ3v) is 4.13. The molecule has 3 rings (SSSR count). The first-order chi connectivity index (χ1) is 13.4. The van der Waals surface area contributed by atoms with Gasteiger partial charge < -0.3 is 19.5 Å². The Hall–Kier alpha value is -3.35. The third kappa shape index (κ3) is 4.68. The number of esters is 1. The lowest BCUT2D eigenvalue weighted by molar-refractivity contribution is -0.114. The summed E-state index contributed by atoms with van der Waals surface area (Å²) in [5, 5.41) is 2.63. The summed E-state index contributed by atoms with van der Waals surface area (Å²) in [6, 6.07) is 11.2. The Balaban J connectivity index is 1.65. The van der Waals surface area contributed by atoms with Gasteiger partial charge in [-0.15, -0.1) is 0 Å². The third-order valence-electron chi connectivity index (χ3n) is 4.13. The molecule has 0 fully saturated rings. The molecule has 7 nitrogen and oxygen atoms in total. The van der Waals surface area contributed by atoms with Crippen molar-refractivity contribution in [2.75, 3.05) is 18.5 Å². The fourth-order valence-corrected chi connectivity index (χ4v) is 2.73. The lowest BCUT2D eigenvalue weighted by Gasteiger charge is -2.14. The van der Waals surface area contributed by atoms with E-state index in [9.17, 15) is 14.4 Å². The number of rotatable bonds is 5. The van der Waals surface area contributed by atoms with Crippen LogP contribution >= 0.6 is 0 Å². The number of fused-ring (bicyclic) bond motifs is 1. The predicted octanol–water partition coefficient (Wildman–Crippen LogP) is 3.23. The summed E-state index contributed by atoms with van der Waals surface area (Å²) in [6.45, 7) is 3.99. The van der Waals surface area contributed by atoms with Gasteiger partial charge in [0.15, 0.2) is 17.6 Å². The van der Waals surface area contributed by atoms with Gasteiger partial charge in [-0.1, -0.05) is 0 Å². The van der Waals surface area contributed by atoms with Gasteiger partial charge in [-0.25, -0.2) is 4.79 Å². The Morgan fingerprint density at radius 1 is 0.964 bits per heavy atom. The molecule has 0 radical (unpaired) electrons. The molecule has 0 spiro atoms. The summed E-state index contributed by atoms with van der Waals surface area (Å²) >= 11 is 0. The van der Waals surface area contributed by atoms with Gasteiger partial charge in [0.1, 0.15) is 0 Å². The first-order valence-corrected chi connectivity index (χ1v) is 8.96. The van der Waals surface area contributed by atoms with Crippen LogP contribution in [0.2, 0.25) is 0 Å². The molecule has 28 heavy (non-hydrogen) atoms. The summed E-state index contributed by atoms with van der Waals surface area (Å²) < 4.78 is 16.4. The van der Waals surface area contributed by atoms with E-state index in [1.54, 1.807) is 42.5 Å². The minimum Gasteiger partial charge on any atom is -0.490 e. The van der Waals surface area contributed by atoms with Crippen molar-refractivity contribution in [2.24, 2.45) is 0 Å². The van der Waals surface area contributed by atoms with Gasteiger partial charge in [-0.3, -0.25) is 9.59 Å². The number of nitrogens with one attached hydrogen (secondary N) is 1. The van der Waals surface area contributed by atoms with Crippen LogP contribution in [0.15, 0.2) is 42.5 Å². The van der Waals surface area contributed by atoms with Crippen LogP contribution in [0.5, 0.6) is 11.5 Å². The van der Waals surface area contributed by atoms with E-state index in [-0.39, 0.29) is 17.3 Å². The molecular formula is C21H21NO6. The Labute approximate surface area is 162 Å². The molecule has 1 N–H and O–H groups in total. The molecular weight excluding hydrogens is 362 g/mol. The van der Waals surface area contributed by atoms with E-state index in [0.29, 0.717) is 36.0 Å². The number of benzene rings is 2. The van der Waals surface area contributed by atoms with Crippen molar-refractivity contribution in [3.63, 3.8) is 0 Å². The lowest BCUT2D eigenvalue weighted by Crippen LogP contribution is -2.24. The van der Waals surface area contributed by atoms with Gasteiger partial charge in [0.25, 0.3) is 0 Å². The number of anilines is 1. The molecule has 2 aromatic carbocycles.